The number of benzene rings is 2. The average molecular weight is 319 g/mol. The average Bonchev–Trinajstić information content (AvgIpc) is 3.16. The Hall–Kier alpha value is -2.55. The zero-order chi connectivity index (χ0) is 16.7. The normalized spacial score (nSPS) is 13.2. The third-order valence-electron chi connectivity index (χ3n) is 4.96. The largest absolute Gasteiger partial charge is 0.464 e. The SMILES string of the molecule is Cc1cccc(C)c1NC(=O)Cc1coc2cc3c(cc12)CCC3. The molecule has 3 heteroatoms. The molecule has 3 aromatic rings. The number of anilines is 1. The van der Waals surface area contributed by atoms with Crippen molar-refractivity contribution >= 4 is 22.6 Å². The molecule has 1 aromatic heterocycles. The molecule has 0 radical (unpaired) electrons. The number of furan rings is 1. The first-order valence-electron chi connectivity index (χ1n) is 8.50. The van der Waals surface area contributed by atoms with Gasteiger partial charge in [-0.1, -0.05) is 18.2 Å². The molecule has 1 amide bonds. The van der Waals surface area contributed by atoms with E-state index < -0.39 is 0 Å². The van der Waals surface area contributed by atoms with Gasteiger partial charge >= 0.3 is 0 Å². The van der Waals surface area contributed by atoms with Crippen LogP contribution in [0, 0.1) is 13.8 Å². The molecule has 1 heterocycles. The first-order valence-corrected chi connectivity index (χ1v) is 8.50. The van der Waals surface area contributed by atoms with Gasteiger partial charge in [-0.2, -0.15) is 0 Å². The van der Waals surface area contributed by atoms with Crippen LogP contribution in [0.4, 0.5) is 5.69 Å². The van der Waals surface area contributed by atoms with Crippen molar-refractivity contribution in [3.8, 4) is 0 Å². The summed E-state index contributed by atoms with van der Waals surface area (Å²) in [6, 6.07) is 10.4. The molecule has 0 unspecified atom stereocenters. The summed E-state index contributed by atoms with van der Waals surface area (Å²) in [7, 11) is 0. The number of amides is 1. The van der Waals surface area contributed by atoms with Gasteiger partial charge in [-0.15, -0.1) is 0 Å². The third kappa shape index (κ3) is 2.60. The van der Waals surface area contributed by atoms with E-state index in [1.54, 1.807) is 6.26 Å². The van der Waals surface area contributed by atoms with Gasteiger partial charge in [0.05, 0.1) is 12.7 Å². The van der Waals surface area contributed by atoms with Crippen molar-refractivity contribution in [1.82, 2.24) is 0 Å². The van der Waals surface area contributed by atoms with Gasteiger partial charge in [0.2, 0.25) is 5.91 Å². The molecule has 4 rings (SSSR count). The molecule has 0 atom stereocenters. The number of carbonyl (C=O) groups is 1. The fourth-order valence-electron chi connectivity index (χ4n) is 3.65. The van der Waals surface area contributed by atoms with Crippen molar-refractivity contribution < 1.29 is 9.21 Å². The summed E-state index contributed by atoms with van der Waals surface area (Å²) >= 11 is 0. The molecule has 122 valence electrons. The van der Waals surface area contributed by atoms with Crippen molar-refractivity contribution in [3.05, 3.63) is 64.4 Å². The highest BCUT2D eigenvalue weighted by molar-refractivity contribution is 5.96. The maximum Gasteiger partial charge on any atom is 0.228 e. The zero-order valence-electron chi connectivity index (χ0n) is 14.1. The van der Waals surface area contributed by atoms with Crippen LogP contribution < -0.4 is 5.32 Å². The van der Waals surface area contributed by atoms with Crippen LogP contribution in [0.1, 0.15) is 34.2 Å². The second kappa shape index (κ2) is 5.82. The number of nitrogens with one attached hydrogen (secondary N) is 1. The van der Waals surface area contributed by atoms with Crippen LogP contribution in [0.3, 0.4) is 0 Å². The lowest BCUT2D eigenvalue weighted by Crippen LogP contribution is -2.15. The van der Waals surface area contributed by atoms with Crippen LogP contribution in [0.15, 0.2) is 41.0 Å². The highest BCUT2D eigenvalue weighted by Gasteiger charge is 2.17. The van der Waals surface area contributed by atoms with Crippen molar-refractivity contribution in [2.45, 2.75) is 39.5 Å². The van der Waals surface area contributed by atoms with Crippen LogP contribution in [0.2, 0.25) is 0 Å². The summed E-state index contributed by atoms with van der Waals surface area (Å²) in [5.41, 5.74) is 7.73. The standard InChI is InChI=1S/C21H21NO2/c1-13-5-3-6-14(2)21(13)22-20(23)11-17-12-24-19-10-16-8-4-7-15(16)9-18(17)19/h3,5-6,9-10,12H,4,7-8,11H2,1-2H3,(H,22,23). The monoisotopic (exact) mass is 319 g/mol. The molecule has 1 N–H and O–H groups in total. The highest BCUT2D eigenvalue weighted by atomic mass is 16.3. The molecule has 0 bridgehead atoms. The second-order valence-electron chi connectivity index (χ2n) is 6.72. The molecular weight excluding hydrogens is 298 g/mol. The Bertz CT molecular complexity index is 916. The number of hydrogen-bond acceptors (Lipinski definition) is 2. The van der Waals surface area contributed by atoms with E-state index in [9.17, 15) is 4.79 Å². The molecule has 1 aliphatic carbocycles. The molecule has 0 aliphatic heterocycles. The fraction of sp³-hybridized carbons (Fsp3) is 0.286. The summed E-state index contributed by atoms with van der Waals surface area (Å²) < 4.78 is 5.69. The molecule has 0 saturated heterocycles. The number of para-hydroxylation sites is 1. The Morgan fingerprint density at radius 1 is 1.12 bits per heavy atom. The predicted molar refractivity (Wildman–Crippen MR) is 96.5 cm³/mol. The molecular formula is C21H21NO2. The van der Waals surface area contributed by atoms with E-state index >= 15 is 0 Å². The van der Waals surface area contributed by atoms with Gasteiger partial charge in [-0.05, 0) is 67.5 Å². The van der Waals surface area contributed by atoms with Gasteiger partial charge < -0.3 is 9.73 Å². The number of rotatable bonds is 3. The summed E-state index contributed by atoms with van der Waals surface area (Å²) in [5.74, 6) is -0.00408. The van der Waals surface area contributed by atoms with Crippen LogP contribution >= 0.6 is 0 Å². The second-order valence-corrected chi connectivity index (χ2v) is 6.72. The number of fused-ring (bicyclic) bond motifs is 2. The summed E-state index contributed by atoms with van der Waals surface area (Å²) in [6.07, 6.45) is 5.53. The van der Waals surface area contributed by atoms with E-state index in [1.165, 1.54) is 17.5 Å². The summed E-state index contributed by atoms with van der Waals surface area (Å²) in [5, 5.41) is 4.13. The van der Waals surface area contributed by atoms with Gasteiger partial charge in [0.15, 0.2) is 0 Å². The van der Waals surface area contributed by atoms with Crippen molar-refractivity contribution in [2.75, 3.05) is 5.32 Å². The first-order chi connectivity index (χ1) is 11.6. The summed E-state index contributed by atoms with van der Waals surface area (Å²) in [6.45, 7) is 4.03. The van der Waals surface area contributed by atoms with Gasteiger partial charge in [0.1, 0.15) is 5.58 Å². The minimum Gasteiger partial charge on any atom is -0.464 e. The molecule has 1 aliphatic rings. The quantitative estimate of drug-likeness (QED) is 0.759. The Kier molecular flexibility index (Phi) is 3.64. The Morgan fingerprint density at radius 2 is 1.83 bits per heavy atom. The topological polar surface area (TPSA) is 42.2 Å². The number of aryl methyl sites for hydroxylation is 4. The van der Waals surface area contributed by atoms with E-state index in [-0.39, 0.29) is 5.91 Å². The van der Waals surface area contributed by atoms with Crippen LogP contribution in [-0.4, -0.2) is 5.91 Å². The van der Waals surface area contributed by atoms with Crippen molar-refractivity contribution in [3.63, 3.8) is 0 Å². The third-order valence-corrected chi connectivity index (χ3v) is 4.96. The lowest BCUT2D eigenvalue weighted by atomic mass is 10.0. The van der Waals surface area contributed by atoms with Crippen molar-refractivity contribution in [1.29, 1.82) is 0 Å². The predicted octanol–water partition coefficient (Wildman–Crippen LogP) is 4.72. The Labute approximate surface area is 141 Å². The molecule has 0 saturated carbocycles. The Morgan fingerprint density at radius 3 is 2.58 bits per heavy atom. The van der Waals surface area contributed by atoms with Crippen LogP contribution in [-0.2, 0) is 24.1 Å². The van der Waals surface area contributed by atoms with E-state index in [4.69, 9.17) is 4.42 Å². The van der Waals surface area contributed by atoms with E-state index in [0.717, 1.165) is 46.2 Å². The molecule has 24 heavy (non-hydrogen) atoms. The van der Waals surface area contributed by atoms with Crippen LogP contribution in [0.25, 0.3) is 11.0 Å². The fourth-order valence-corrected chi connectivity index (χ4v) is 3.65. The minimum atomic E-state index is -0.00408. The highest BCUT2D eigenvalue weighted by Crippen LogP contribution is 2.30. The number of hydrogen-bond donors (Lipinski definition) is 1. The molecule has 0 fully saturated rings. The lowest BCUT2D eigenvalue weighted by molar-refractivity contribution is -0.115. The van der Waals surface area contributed by atoms with Crippen LogP contribution in [0.5, 0.6) is 0 Å². The van der Waals surface area contributed by atoms with E-state index in [2.05, 4.69) is 17.4 Å². The van der Waals surface area contributed by atoms with E-state index in [0.29, 0.717) is 6.42 Å². The molecule has 0 spiro atoms. The molecule has 2 aromatic carbocycles. The van der Waals surface area contributed by atoms with Gasteiger partial charge in [-0.25, -0.2) is 0 Å². The maximum atomic E-state index is 12.5. The van der Waals surface area contributed by atoms with Crippen molar-refractivity contribution in [2.24, 2.45) is 0 Å². The van der Waals surface area contributed by atoms with Gasteiger partial charge in [0.25, 0.3) is 0 Å². The summed E-state index contributed by atoms with van der Waals surface area (Å²) in [4.78, 5) is 12.5. The molecule has 3 nitrogen and oxygen atoms in total. The first kappa shape index (κ1) is 15.0. The Balaban J connectivity index is 1.59. The van der Waals surface area contributed by atoms with Gasteiger partial charge in [0, 0.05) is 16.6 Å². The van der Waals surface area contributed by atoms with Gasteiger partial charge in [-0.3, -0.25) is 4.79 Å². The minimum absolute atomic E-state index is 0.00408. The maximum absolute atomic E-state index is 12.5. The smallest absolute Gasteiger partial charge is 0.228 e. The number of carbonyl (C=O) groups excluding carboxylic acids is 1. The zero-order valence-corrected chi connectivity index (χ0v) is 14.1. The van der Waals surface area contributed by atoms with E-state index in [1.807, 2.05) is 32.0 Å². The lowest BCUT2D eigenvalue weighted by Gasteiger charge is -2.11.